The molecule has 758 valence electrons. The number of para-hydroxylation sites is 4. The Hall–Kier alpha value is -17.3. The number of aryl methyl sites for hydroxylation is 2. The Kier molecular flexibility index (Phi) is 25.8. The maximum absolute atomic E-state index is 13.7. The Balaban J connectivity index is 0.000000110. The van der Waals surface area contributed by atoms with E-state index >= 15 is 0 Å². The average Bonchev–Trinajstić information content (AvgIpc) is 1.59. The molecule has 0 spiro atoms. The zero-order valence-corrected chi connectivity index (χ0v) is 83.7. The molecule has 8 atom stereocenters. The van der Waals surface area contributed by atoms with E-state index in [2.05, 4.69) is 121 Å². The van der Waals surface area contributed by atoms with Gasteiger partial charge in [-0.25, -0.2) is 44.0 Å². The smallest absolute Gasteiger partial charge is 0.383 e. The van der Waals surface area contributed by atoms with Gasteiger partial charge in [-0.2, -0.15) is 32.9 Å². The number of guanidine groups is 4. The molecule has 4 fully saturated rings. The lowest BCUT2D eigenvalue weighted by Crippen LogP contribution is -2.56. The summed E-state index contributed by atoms with van der Waals surface area (Å²) in [4.78, 5) is 107. The molecule has 4 saturated carbocycles. The molecule has 26 rings (SSSR count). The summed E-state index contributed by atoms with van der Waals surface area (Å²) in [5.74, 6) is 6.45. The highest BCUT2D eigenvalue weighted by Gasteiger charge is 2.55. The number of carbonyl (C=O) groups is 4. The molecule has 0 radical (unpaired) electrons. The first-order valence-electron chi connectivity index (χ1n) is 51.1. The number of hydrogen-bond acceptors (Lipinski definition) is 23. The van der Waals surface area contributed by atoms with Crippen LogP contribution in [-0.4, -0.2) is 205 Å². The number of rotatable bonds is 21. The van der Waals surface area contributed by atoms with Crippen LogP contribution in [0, 0.1) is 19.8 Å². The van der Waals surface area contributed by atoms with Crippen LogP contribution in [0.3, 0.4) is 0 Å². The minimum absolute atomic E-state index is 0.0829. The number of pyridine rings is 3. The van der Waals surface area contributed by atoms with Gasteiger partial charge in [0.05, 0.1) is 96.3 Å². The quantitative estimate of drug-likeness (QED) is 0.0193. The van der Waals surface area contributed by atoms with Crippen LogP contribution in [0.5, 0.6) is 0 Å². The molecule has 35 heteroatoms. The number of aromatic nitrogens is 9. The number of anilines is 9. The molecule has 8 aliphatic heterocycles. The second-order valence-corrected chi connectivity index (χ2v) is 39.8. The lowest BCUT2D eigenvalue weighted by molar-refractivity contribution is -0.137. The normalized spacial score (nSPS) is 20.3. The van der Waals surface area contributed by atoms with Crippen molar-refractivity contribution < 1.29 is 36.7 Å². The van der Waals surface area contributed by atoms with Crippen molar-refractivity contribution in [2.24, 2.45) is 30.7 Å². The zero-order valence-electron chi connectivity index (χ0n) is 83.7. The monoisotopic (exact) mass is 2010 g/mol. The number of benzene rings is 8. The predicted molar refractivity (Wildman–Crippen MR) is 573 cm³/mol. The van der Waals surface area contributed by atoms with E-state index < -0.39 is 17.7 Å². The third-order valence-corrected chi connectivity index (χ3v) is 30.0. The number of amidine groups is 1. The Labute approximate surface area is 864 Å². The summed E-state index contributed by atoms with van der Waals surface area (Å²) in [7, 11) is 7.12. The molecule has 6 aromatic heterocycles. The molecule has 12 aliphatic rings. The van der Waals surface area contributed by atoms with Gasteiger partial charge in [-0.1, -0.05) is 176 Å². The van der Waals surface area contributed by atoms with Gasteiger partial charge in [-0.05, 0) is 216 Å². The third-order valence-electron chi connectivity index (χ3n) is 30.0. The molecule has 0 bridgehead atoms. The minimum atomic E-state index is -4.37. The SMILES string of the molecule is CN1C(=O)C(C(N)=Nc2ccccc2)=C(NCCc2ccc(C(F)(F)F)cc2)N2C1=N[C@@H]1CCC[C@@H]12.CN1C(=O)c2c(Nc3ccccc3)nn(Cc3ccc(-c4cccc(F)n4)cc3)c2N2C1=N[C@@H]1CCC[C@@H]12.Cc1ccc(-c2ccc(Cn3nc(Nc4ccccc4)c4c3N3C(=N[C@@H]5CCC[C@@H]53)N(C)C4=O)cc2)nc1.Cc1ccc(-c2ccc(Cn3nc4c(c3Nc3ccccc3)C(=O)N(C)C3=N[C@@H]5CCC[C@@H]5N34)cc2)nc1. The Bertz CT molecular complexity index is 7680. The van der Waals surface area contributed by atoms with E-state index in [4.69, 9.17) is 41.0 Å². The van der Waals surface area contributed by atoms with Crippen LogP contribution in [0.4, 0.5) is 75.2 Å². The molecular weight excluding hydrogens is 1900 g/mol. The maximum Gasteiger partial charge on any atom is 0.416 e. The van der Waals surface area contributed by atoms with Crippen LogP contribution >= 0.6 is 0 Å². The number of nitrogens with one attached hydrogen (secondary N) is 4. The summed E-state index contributed by atoms with van der Waals surface area (Å²) in [6.45, 7) is 6.00. The van der Waals surface area contributed by atoms with E-state index in [0.29, 0.717) is 102 Å². The standard InChI is InChI=1S/2C30H29N7O.C29H26FN7O.C26H27F3N6O/c1-19-11-16-23(31-17-19)21-14-12-20(13-15-21)18-36-27(32-22-7-4-3-5-8-22)26-28(34-36)37-25-10-6-9-24(25)33-30(37)35(2)29(26)38;1-19-11-16-23(31-17-19)21-14-12-20(13-15-21)18-36-28-26(27(34-36)32-22-7-4-3-5-8-22)29(38)35(2)30-33-24-9-6-10-25(24)37(28)30;1-35-28(38)25-26(31-20-7-3-2-4-8-20)34-36(27(25)37-23-11-5-10-22(23)33-29(35)37)17-18-13-15-19(16-14-18)21-9-6-12-24(30)32-21;1-34-24(36)21(22(30)32-18-6-3-2-4-7-18)23(35-20-9-5-8-19(20)33-25(34)35)31-15-14-16-10-12-17(13-11-16)26(27,28)29/h3-5,7-8,11-17,24-25,32H,6,9-10,18H2,1-2H3;3-5,7-8,11-17,24-25H,6,9-10,18H2,1-2H3,(H,32,34);2-4,6-9,12-16,22-23H,5,10-11,17H2,1H3,(H,31,34);2-4,6-7,10-13,19-20,31H,5,8-9,14-15H2,1H3,(H2,30,32)/t2*24-,25+;22-,23+;19-,20+/m1111/s1. The van der Waals surface area contributed by atoms with Gasteiger partial charge in [0.2, 0.25) is 29.8 Å². The van der Waals surface area contributed by atoms with Crippen molar-refractivity contribution in [3.63, 3.8) is 0 Å². The van der Waals surface area contributed by atoms with Gasteiger partial charge in [0, 0.05) is 80.9 Å². The fraction of sp³-hybridized carbons (Fsp3) is 0.278. The highest BCUT2D eigenvalue weighted by molar-refractivity contribution is 6.27. The summed E-state index contributed by atoms with van der Waals surface area (Å²) in [5.41, 5.74) is 22.7. The zero-order chi connectivity index (χ0) is 103. The minimum Gasteiger partial charge on any atom is -0.383 e. The van der Waals surface area contributed by atoms with Gasteiger partial charge >= 0.3 is 6.18 Å². The molecule has 0 saturated heterocycles. The summed E-state index contributed by atoms with van der Waals surface area (Å²) >= 11 is 0. The predicted octanol–water partition coefficient (Wildman–Crippen LogP) is 19.3. The van der Waals surface area contributed by atoms with Crippen molar-refractivity contribution in [3.8, 4) is 33.8 Å². The molecule has 8 aromatic carbocycles. The number of fused-ring (bicyclic) bond motifs is 18. The number of alkyl halides is 3. The molecule has 150 heavy (non-hydrogen) atoms. The van der Waals surface area contributed by atoms with E-state index in [0.717, 1.165) is 191 Å². The summed E-state index contributed by atoms with van der Waals surface area (Å²) in [6, 6.07) is 83.1. The second-order valence-electron chi connectivity index (χ2n) is 39.8. The van der Waals surface area contributed by atoms with E-state index in [-0.39, 0.29) is 83.4 Å². The molecule has 6 N–H and O–H groups in total. The fourth-order valence-electron chi connectivity index (χ4n) is 22.4. The first-order valence-corrected chi connectivity index (χ1v) is 51.1. The Morgan fingerprint density at radius 3 is 1.23 bits per heavy atom. The fourth-order valence-corrected chi connectivity index (χ4v) is 22.4. The van der Waals surface area contributed by atoms with Crippen LogP contribution in [-0.2, 0) is 37.0 Å². The van der Waals surface area contributed by atoms with Crippen molar-refractivity contribution in [1.82, 2.24) is 74.1 Å². The largest absolute Gasteiger partial charge is 0.416 e. The lowest BCUT2D eigenvalue weighted by atomic mass is 10.1. The summed E-state index contributed by atoms with van der Waals surface area (Å²) in [6.07, 6.45) is 12.5. The number of aliphatic imine (C=N–C) groups is 5. The Morgan fingerprint density at radius 2 is 0.793 bits per heavy atom. The van der Waals surface area contributed by atoms with Crippen LogP contribution in [0.1, 0.15) is 147 Å². The number of likely N-dealkylation sites (N-methyl/N-ethyl adjacent to an activating group) is 1. The van der Waals surface area contributed by atoms with Crippen molar-refractivity contribution in [1.29, 1.82) is 0 Å². The van der Waals surface area contributed by atoms with E-state index in [1.54, 1.807) is 53.1 Å². The number of nitrogens with two attached hydrogens (primary N) is 1. The van der Waals surface area contributed by atoms with Crippen molar-refractivity contribution in [2.45, 2.75) is 171 Å². The van der Waals surface area contributed by atoms with Gasteiger partial charge in [-0.15, -0.1) is 0 Å². The van der Waals surface area contributed by atoms with Gasteiger partial charge in [0.25, 0.3) is 23.6 Å². The van der Waals surface area contributed by atoms with Gasteiger partial charge in [0.15, 0.2) is 17.5 Å². The van der Waals surface area contributed by atoms with Crippen LogP contribution in [0.2, 0.25) is 0 Å². The average molecular weight is 2010 g/mol. The van der Waals surface area contributed by atoms with E-state index in [1.165, 1.54) is 23.1 Å². The highest BCUT2D eigenvalue weighted by atomic mass is 19.4. The Morgan fingerprint density at radius 1 is 0.400 bits per heavy atom. The van der Waals surface area contributed by atoms with Gasteiger partial charge in [0.1, 0.15) is 51.4 Å². The van der Waals surface area contributed by atoms with Crippen LogP contribution in [0.15, 0.2) is 310 Å². The molecule has 0 unspecified atom stereocenters. The number of halogens is 4. The molecule has 4 aliphatic carbocycles. The number of hydrogen-bond donors (Lipinski definition) is 5. The van der Waals surface area contributed by atoms with Crippen LogP contribution in [0.25, 0.3) is 33.8 Å². The first-order chi connectivity index (χ1) is 72.9. The third kappa shape index (κ3) is 18.5. The molecule has 14 heterocycles. The number of carbonyl (C=O) groups excluding carboxylic acids is 4. The topological polar surface area (TPSA) is 322 Å². The van der Waals surface area contributed by atoms with Crippen LogP contribution < -0.4 is 41.7 Å². The lowest BCUT2D eigenvalue weighted by Gasteiger charge is -2.38. The maximum atomic E-state index is 13.7. The summed E-state index contributed by atoms with van der Waals surface area (Å²) < 4.78 is 58.1. The molecule has 4 amide bonds. The van der Waals surface area contributed by atoms with Crippen molar-refractivity contribution in [2.75, 3.05) is 65.4 Å². The number of nitrogens with zero attached hydrogens (tertiary/aromatic N) is 22. The van der Waals surface area contributed by atoms with E-state index in [9.17, 15) is 36.7 Å². The molecular formula is C115H111F4N27O4. The van der Waals surface area contributed by atoms with Gasteiger partial charge in [-0.3, -0.25) is 68.3 Å². The van der Waals surface area contributed by atoms with Crippen molar-refractivity contribution in [3.05, 3.63) is 346 Å². The van der Waals surface area contributed by atoms with E-state index in [1.807, 2.05) is 200 Å². The van der Waals surface area contributed by atoms with Crippen molar-refractivity contribution >= 4 is 111 Å². The second kappa shape index (κ2) is 40.2. The van der Waals surface area contributed by atoms with Gasteiger partial charge < -0.3 is 27.0 Å². The first kappa shape index (κ1) is 96.2. The highest BCUT2D eigenvalue weighted by Crippen LogP contribution is 2.49. The molecule has 31 nitrogen and oxygen atoms in total. The molecule has 14 aromatic rings. The number of amides is 4. The summed E-state index contributed by atoms with van der Waals surface area (Å²) in [5, 5.41) is 28.6.